The molecule has 0 aliphatic carbocycles. The molecule has 3 aromatic rings. The molecule has 1 amide bonds. The number of H-pyrrole nitrogens is 1. The summed E-state index contributed by atoms with van der Waals surface area (Å²) in [6, 6.07) is 9.49. The van der Waals surface area contributed by atoms with Gasteiger partial charge in [-0.3, -0.25) is 9.89 Å². The Morgan fingerprint density at radius 2 is 2.12 bits per heavy atom. The van der Waals surface area contributed by atoms with Crippen molar-refractivity contribution < 1.29 is 4.79 Å². The molecule has 6 nitrogen and oxygen atoms in total. The van der Waals surface area contributed by atoms with Crippen LogP contribution in [0.15, 0.2) is 36.5 Å². The first kappa shape index (κ1) is 15.0. The van der Waals surface area contributed by atoms with Gasteiger partial charge in [-0.25, -0.2) is 4.98 Å². The second kappa shape index (κ2) is 5.79. The molecule has 1 fully saturated rings. The number of nitrogens with zero attached hydrogens (tertiary/aromatic N) is 3. The molecule has 0 unspecified atom stereocenters. The molecule has 0 saturated carbocycles. The van der Waals surface area contributed by atoms with E-state index < -0.39 is 0 Å². The van der Waals surface area contributed by atoms with Crippen LogP contribution in [0.1, 0.15) is 34.8 Å². The van der Waals surface area contributed by atoms with Gasteiger partial charge in [0, 0.05) is 17.8 Å². The quantitative estimate of drug-likeness (QED) is 0.749. The summed E-state index contributed by atoms with van der Waals surface area (Å²) < 4.78 is 0. The minimum atomic E-state index is -0.0394. The average Bonchev–Trinajstić information content (AvgIpc) is 3.22. The Balaban J connectivity index is 1.66. The smallest absolute Gasteiger partial charge is 0.255 e. The summed E-state index contributed by atoms with van der Waals surface area (Å²) in [5, 5.41) is 8.03. The number of hydrogen-bond donors (Lipinski definition) is 2. The van der Waals surface area contributed by atoms with Gasteiger partial charge < -0.3 is 10.6 Å². The number of carbonyl (C=O) groups is 1. The van der Waals surface area contributed by atoms with E-state index >= 15 is 0 Å². The molecule has 1 atom stereocenters. The predicted molar refractivity (Wildman–Crippen MR) is 92.8 cm³/mol. The topological polar surface area (TPSA) is 87.9 Å². The summed E-state index contributed by atoms with van der Waals surface area (Å²) in [4.78, 5) is 19.1. The molecule has 1 aliphatic rings. The molecule has 3 heterocycles. The van der Waals surface area contributed by atoms with Crippen LogP contribution in [-0.2, 0) is 0 Å². The van der Waals surface area contributed by atoms with E-state index in [2.05, 4.69) is 15.2 Å². The Morgan fingerprint density at radius 1 is 1.33 bits per heavy atom. The van der Waals surface area contributed by atoms with Gasteiger partial charge in [0.25, 0.3) is 5.91 Å². The maximum Gasteiger partial charge on any atom is 0.255 e. The van der Waals surface area contributed by atoms with E-state index in [1.807, 2.05) is 29.2 Å². The third-order valence-corrected chi connectivity index (χ3v) is 4.71. The molecule has 0 spiro atoms. The second-order valence-corrected chi connectivity index (χ2v) is 6.38. The van der Waals surface area contributed by atoms with E-state index in [9.17, 15) is 4.79 Å². The van der Waals surface area contributed by atoms with Crippen LogP contribution in [0.2, 0.25) is 5.02 Å². The maximum absolute atomic E-state index is 13.0. The van der Waals surface area contributed by atoms with E-state index in [0.29, 0.717) is 27.4 Å². The molecular weight excluding hydrogens is 326 g/mol. The number of amides is 1. The second-order valence-electron chi connectivity index (χ2n) is 5.94. The molecular formula is C17H16ClN5O. The Bertz CT molecular complexity index is 905. The summed E-state index contributed by atoms with van der Waals surface area (Å²) in [6.45, 7) is 0.727. The number of nitrogen functional groups attached to an aromatic ring is 1. The highest BCUT2D eigenvalue weighted by atomic mass is 35.5. The van der Waals surface area contributed by atoms with Gasteiger partial charge in [0.2, 0.25) is 0 Å². The van der Waals surface area contributed by atoms with Crippen molar-refractivity contribution in [3.05, 3.63) is 52.7 Å². The van der Waals surface area contributed by atoms with Crippen molar-refractivity contribution in [1.82, 2.24) is 20.1 Å². The number of aromatic nitrogens is 3. The molecule has 0 bridgehead atoms. The number of benzene rings is 1. The SMILES string of the molecule is Nc1[nH]nc2ncc(C(=O)N3CCC[C@H]3c3ccc(Cl)cc3)cc12. The monoisotopic (exact) mass is 341 g/mol. The largest absolute Gasteiger partial charge is 0.384 e. The molecule has 0 radical (unpaired) electrons. The zero-order valence-corrected chi connectivity index (χ0v) is 13.6. The zero-order valence-electron chi connectivity index (χ0n) is 12.9. The van der Waals surface area contributed by atoms with E-state index in [1.54, 1.807) is 12.3 Å². The summed E-state index contributed by atoms with van der Waals surface area (Å²) in [6.07, 6.45) is 3.47. The fourth-order valence-electron chi connectivity index (χ4n) is 3.24. The first-order chi connectivity index (χ1) is 11.6. The van der Waals surface area contributed by atoms with Crippen LogP contribution in [0.5, 0.6) is 0 Å². The fourth-order valence-corrected chi connectivity index (χ4v) is 3.37. The Labute approximate surface area is 143 Å². The molecule has 24 heavy (non-hydrogen) atoms. The van der Waals surface area contributed by atoms with E-state index in [4.69, 9.17) is 17.3 Å². The van der Waals surface area contributed by atoms with Crippen molar-refractivity contribution >= 4 is 34.4 Å². The number of likely N-dealkylation sites (tertiary alicyclic amines) is 1. The van der Waals surface area contributed by atoms with Crippen molar-refractivity contribution in [2.24, 2.45) is 0 Å². The normalized spacial score (nSPS) is 17.5. The number of fused-ring (bicyclic) bond motifs is 1. The number of anilines is 1. The lowest BCUT2D eigenvalue weighted by atomic mass is 10.0. The first-order valence-electron chi connectivity index (χ1n) is 7.79. The number of hydrogen-bond acceptors (Lipinski definition) is 4. The highest BCUT2D eigenvalue weighted by Crippen LogP contribution is 2.34. The number of nitrogens with one attached hydrogen (secondary N) is 1. The number of nitrogens with two attached hydrogens (primary N) is 1. The van der Waals surface area contributed by atoms with Gasteiger partial charge in [0.05, 0.1) is 17.0 Å². The Morgan fingerprint density at radius 3 is 2.92 bits per heavy atom. The third kappa shape index (κ3) is 2.49. The van der Waals surface area contributed by atoms with Crippen LogP contribution >= 0.6 is 11.6 Å². The standard InChI is InChI=1S/C17H16ClN5O/c18-12-5-3-10(4-6-12)14-2-1-7-23(14)17(24)11-8-13-15(19)21-22-16(13)20-9-11/h3-6,8-9,14H,1-2,7H2,(H3,19,20,21,22)/t14-/m0/s1. The minimum Gasteiger partial charge on any atom is -0.384 e. The summed E-state index contributed by atoms with van der Waals surface area (Å²) in [5.74, 6) is 0.380. The van der Waals surface area contributed by atoms with E-state index in [-0.39, 0.29) is 11.9 Å². The predicted octanol–water partition coefficient (Wildman–Crippen LogP) is 3.17. The van der Waals surface area contributed by atoms with Gasteiger partial charge in [-0.1, -0.05) is 23.7 Å². The molecule has 7 heteroatoms. The van der Waals surface area contributed by atoms with Crippen LogP contribution in [0.4, 0.5) is 5.82 Å². The Hall–Kier alpha value is -2.60. The number of halogens is 1. The summed E-state index contributed by atoms with van der Waals surface area (Å²) in [7, 11) is 0. The number of pyridine rings is 1. The molecule has 3 N–H and O–H groups in total. The fraction of sp³-hybridized carbons (Fsp3) is 0.235. The first-order valence-corrected chi connectivity index (χ1v) is 8.17. The maximum atomic E-state index is 13.0. The summed E-state index contributed by atoms with van der Waals surface area (Å²) >= 11 is 5.96. The van der Waals surface area contributed by atoms with Gasteiger partial charge >= 0.3 is 0 Å². The van der Waals surface area contributed by atoms with Crippen LogP contribution in [-0.4, -0.2) is 32.5 Å². The lowest BCUT2D eigenvalue weighted by molar-refractivity contribution is 0.0735. The lowest BCUT2D eigenvalue weighted by Gasteiger charge is -2.25. The van der Waals surface area contributed by atoms with Crippen molar-refractivity contribution in [2.45, 2.75) is 18.9 Å². The van der Waals surface area contributed by atoms with Crippen molar-refractivity contribution in [2.75, 3.05) is 12.3 Å². The van der Waals surface area contributed by atoms with Crippen molar-refractivity contribution in [1.29, 1.82) is 0 Å². The van der Waals surface area contributed by atoms with Crippen LogP contribution in [0, 0.1) is 0 Å². The van der Waals surface area contributed by atoms with E-state index in [1.165, 1.54) is 0 Å². The van der Waals surface area contributed by atoms with Gasteiger partial charge in [-0.05, 0) is 36.6 Å². The van der Waals surface area contributed by atoms with Crippen LogP contribution in [0.3, 0.4) is 0 Å². The highest BCUT2D eigenvalue weighted by molar-refractivity contribution is 6.30. The number of aromatic amines is 1. The number of rotatable bonds is 2. The molecule has 122 valence electrons. The molecule has 4 rings (SSSR count). The lowest BCUT2D eigenvalue weighted by Crippen LogP contribution is -2.30. The van der Waals surface area contributed by atoms with Gasteiger partial charge in [0.15, 0.2) is 5.65 Å². The van der Waals surface area contributed by atoms with Crippen LogP contribution < -0.4 is 5.73 Å². The number of carbonyl (C=O) groups excluding carboxylic acids is 1. The highest BCUT2D eigenvalue weighted by Gasteiger charge is 2.31. The molecule has 1 aliphatic heterocycles. The Kier molecular flexibility index (Phi) is 3.61. The molecule has 2 aromatic heterocycles. The molecule has 1 aromatic carbocycles. The van der Waals surface area contributed by atoms with Gasteiger partial charge in [-0.2, -0.15) is 5.10 Å². The van der Waals surface area contributed by atoms with Gasteiger partial charge in [0.1, 0.15) is 5.82 Å². The minimum absolute atomic E-state index is 0.0394. The third-order valence-electron chi connectivity index (χ3n) is 4.45. The van der Waals surface area contributed by atoms with Crippen LogP contribution in [0.25, 0.3) is 11.0 Å². The average molecular weight is 342 g/mol. The summed E-state index contributed by atoms with van der Waals surface area (Å²) in [5.41, 5.74) is 7.97. The van der Waals surface area contributed by atoms with E-state index in [0.717, 1.165) is 24.9 Å². The molecule has 1 saturated heterocycles. The van der Waals surface area contributed by atoms with Gasteiger partial charge in [-0.15, -0.1) is 0 Å². The van der Waals surface area contributed by atoms with Crippen molar-refractivity contribution in [3.8, 4) is 0 Å². The van der Waals surface area contributed by atoms with Crippen molar-refractivity contribution in [3.63, 3.8) is 0 Å². The zero-order chi connectivity index (χ0) is 16.7.